The van der Waals surface area contributed by atoms with Gasteiger partial charge in [-0.1, -0.05) is 6.92 Å². The van der Waals surface area contributed by atoms with E-state index >= 15 is 0 Å². The first-order valence-corrected chi connectivity index (χ1v) is 4.39. The van der Waals surface area contributed by atoms with Crippen LogP contribution < -0.4 is 16.8 Å². The lowest BCUT2D eigenvalue weighted by atomic mass is 10.00. The van der Waals surface area contributed by atoms with Crippen LogP contribution in [0.1, 0.15) is 20.3 Å². The van der Waals surface area contributed by atoms with Crippen LogP contribution in [0.4, 0.5) is 4.79 Å². The van der Waals surface area contributed by atoms with Crippen LogP contribution in [0, 0.1) is 0 Å². The molecular formula is C8H17N3O3. The summed E-state index contributed by atoms with van der Waals surface area (Å²) in [7, 11) is 0. The van der Waals surface area contributed by atoms with Crippen molar-refractivity contribution in [1.29, 1.82) is 0 Å². The van der Waals surface area contributed by atoms with E-state index in [1.54, 1.807) is 6.92 Å². The summed E-state index contributed by atoms with van der Waals surface area (Å²) in [6.45, 7) is 3.73. The Morgan fingerprint density at radius 2 is 2.07 bits per heavy atom. The molecule has 0 rings (SSSR count). The summed E-state index contributed by atoms with van der Waals surface area (Å²) in [5, 5.41) is 2.53. The number of hydrogen-bond donors (Lipinski definition) is 3. The van der Waals surface area contributed by atoms with Gasteiger partial charge < -0.3 is 21.5 Å². The van der Waals surface area contributed by atoms with Crippen molar-refractivity contribution in [3.05, 3.63) is 0 Å². The molecule has 6 nitrogen and oxygen atoms in total. The van der Waals surface area contributed by atoms with Crippen molar-refractivity contribution in [3.63, 3.8) is 0 Å². The average Bonchev–Trinajstić information content (AvgIpc) is 2.11. The summed E-state index contributed by atoms with van der Waals surface area (Å²) >= 11 is 0. The molecule has 1 atom stereocenters. The van der Waals surface area contributed by atoms with Crippen molar-refractivity contribution < 1.29 is 14.3 Å². The maximum atomic E-state index is 11.3. The minimum absolute atomic E-state index is 0.0564. The van der Waals surface area contributed by atoms with E-state index in [0.717, 1.165) is 0 Å². The van der Waals surface area contributed by atoms with Gasteiger partial charge >= 0.3 is 6.09 Å². The van der Waals surface area contributed by atoms with Crippen LogP contribution in [0.2, 0.25) is 0 Å². The Hall–Kier alpha value is -1.30. The van der Waals surface area contributed by atoms with E-state index in [-0.39, 0.29) is 19.1 Å². The van der Waals surface area contributed by atoms with Gasteiger partial charge in [0.15, 0.2) is 0 Å². The van der Waals surface area contributed by atoms with Crippen molar-refractivity contribution in [2.45, 2.75) is 25.8 Å². The van der Waals surface area contributed by atoms with Crippen LogP contribution in [0.5, 0.6) is 0 Å². The summed E-state index contributed by atoms with van der Waals surface area (Å²) in [5.74, 6) is -0.270. The van der Waals surface area contributed by atoms with E-state index in [1.165, 1.54) is 0 Å². The monoisotopic (exact) mass is 203 g/mol. The molecule has 5 N–H and O–H groups in total. The smallest absolute Gasteiger partial charge is 0.404 e. The highest BCUT2D eigenvalue weighted by atomic mass is 16.5. The Balaban J connectivity index is 3.70. The second-order valence-electron chi connectivity index (χ2n) is 3.19. The van der Waals surface area contributed by atoms with Gasteiger partial charge in [-0.3, -0.25) is 4.79 Å². The van der Waals surface area contributed by atoms with Gasteiger partial charge in [0.05, 0.1) is 12.1 Å². The molecule has 0 fully saturated rings. The van der Waals surface area contributed by atoms with E-state index in [4.69, 9.17) is 11.5 Å². The van der Waals surface area contributed by atoms with Crippen LogP contribution in [0.3, 0.4) is 0 Å². The van der Waals surface area contributed by atoms with Crippen molar-refractivity contribution in [2.24, 2.45) is 11.5 Å². The SMILES string of the molecule is CCC(C)(N)C(=O)NCCOC(N)=O. The third-order valence-electron chi connectivity index (χ3n) is 1.89. The lowest BCUT2D eigenvalue weighted by Gasteiger charge is -2.21. The molecule has 1 unspecified atom stereocenters. The first-order chi connectivity index (χ1) is 6.40. The van der Waals surface area contributed by atoms with Crippen molar-refractivity contribution >= 4 is 12.0 Å². The molecule has 0 aliphatic heterocycles. The standard InChI is InChI=1S/C8H17N3O3/c1-3-8(2,10)6(12)11-4-5-14-7(9)13/h3-5,10H2,1-2H3,(H2,9,13)(H,11,12). The molecule has 82 valence electrons. The highest BCUT2D eigenvalue weighted by molar-refractivity contribution is 5.85. The molecule has 0 aromatic rings. The number of primary amides is 1. The average molecular weight is 203 g/mol. The van der Waals surface area contributed by atoms with E-state index < -0.39 is 11.6 Å². The fourth-order valence-corrected chi connectivity index (χ4v) is 0.679. The normalized spacial score (nSPS) is 14.2. The fraction of sp³-hybridized carbons (Fsp3) is 0.750. The number of carbonyl (C=O) groups excluding carboxylic acids is 2. The molecule has 0 radical (unpaired) electrons. The first-order valence-electron chi connectivity index (χ1n) is 4.39. The van der Waals surface area contributed by atoms with Crippen LogP contribution in [-0.2, 0) is 9.53 Å². The Kier molecular flexibility index (Phi) is 4.93. The van der Waals surface area contributed by atoms with Crippen LogP contribution >= 0.6 is 0 Å². The summed E-state index contributed by atoms with van der Waals surface area (Å²) in [6, 6.07) is 0. The lowest BCUT2D eigenvalue weighted by molar-refractivity contribution is -0.126. The Morgan fingerprint density at radius 3 is 2.50 bits per heavy atom. The molecule has 0 aliphatic rings. The number of nitrogens with two attached hydrogens (primary N) is 2. The molecule has 0 aromatic heterocycles. The van der Waals surface area contributed by atoms with E-state index in [1.807, 2.05) is 6.92 Å². The first kappa shape index (κ1) is 12.7. The zero-order chi connectivity index (χ0) is 11.2. The van der Waals surface area contributed by atoms with Gasteiger partial charge in [0.25, 0.3) is 0 Å². The maximum absolute atomic E-state index is 11.3. The number of ether oxygens (including phenoxy) is 1. The zero-order valence-electron chi connectivity index (χ0n) is 8.50. The molecular weight excluding hydrogens is 186 g/mol. The molecule has 2 amide bonds. The predicted octanol–water partition coefficient (Wildman–Crippen LogP) is -0.675. The van der Waals surface area contributed by atoms with E-state index in [2.05, 4.69) is 10.1 Å². The number of amides is 2. The third kappa shape index (κ3) is 4.66. The number of hydrogen-bond acceptors (Lipinski definition) is 4. The summed E-state index contributed by atoms with van der Waals surface area (Å²) in [6.07, 6.45) is -0.319. The van der Waals surface area contributed by atoms with E-state index in [9.17, 15) is 9.59 Å². The van der Waals surface area contributed by atoms with Gasteiger partial charge in [-0.2, -0.15) is 0 Å². The maximum Gasteiger partial charge on any atom is 0.404 e. The summed E-state index contributed by atoms with van der Waals surface area (Å²) < 4.78 is 4.42. The quantitative estimate of drug-likeness (QED) is 0.515. The predicted molar refractivity (Wildman–Crippen MR) is 51.4 cm³/mol. The van der Waals surface area contributed by atoms with Gasteiger partial charge in [0.2, 0.25) is 5.91 Å². The number of nitrogens with one attached hydrogen (secondary N) is 1. The molecule has 14 heavy (non-hydrogen) atoms. The van der Waals surface area contributed by atoms with Crippen molar-refractivity contribution in [1.82, 2.24) is 5.32 Å². The third-order valence-corrected chi connectivity index (χ3v) is 1.89. The molecule has 0 spiro atoms. The van der Waals surface area contributed by atoms with Crippen LogP contribution in [0.15, 0.2) is 0 Å². The lowest BCUT2D eigenvalue weighted by Crippen LogP contribution is -2.51. The second-order valence-corrected chi connectivity index (χ2v) is 3.19. The minimum Gasteiger partial charge on any atom is -0.448 e. The summed E-state index contributed by atoms with van der Waals surface area (Å²) in [4.78, 5) is 21.5. The number of rotatable bonds is 5. The van der Waals surface area contributed by atoms with Crippen molar-refractivity contribution in [2.75, 3.05) is 13.2 Å². The Labute approximate surface area is 83.0 Å². The zero-order valence-corrected chi connectivity index (χ0v) is 8.50. The van der Waals surface area contributed by atoms with E-state index in [0.29, 0.717) is 6.42 Å². The molecule has 6 heteroatoms. The molecule has 0 bridgehead atoms. The van der Waals surface area contributed by atoms with Gasteiger partial charge in [-0.25, -0.2) is 4.79 Å². The largest absolute Gasteiger partial charge is 0.448 e. The van der Waals surface area contributed by atoms with Gasteiger partial charge in [-0.15, -0.1) is 0 Å². The fourth-order valence-electron chi connectivity index (χ4n) is 0.679. The summed E-state index contributed by atoms with van der Waals surface area (Å²) in [5.41, 5.74) is 9.50. The van der Waals surface area contributed by atoms with Gasteiger partial charge in [0.1, 0.15) is 6.61 Å². The minimum atomic E-state index is -0.882. The highest BCUT2D eigenvalue weighted by Crippen LogP contribution is 2.03. The highest BCUT2D eigenvalue weighted by Gasteiger charge is 2.25. The van der Waals surface area contributed by atoms with Gasteiger partial charge in [-0.05, 0) is 13.3 Å². The van der Waals surface area contributed by atoms with Crippen LogP contribution in [0.25, 0.3) is 0 Å². The molecule has 0 heterocycles. The van der Waals surface area contributed by atoms with Crippen molar-refractivity contribution in [3.8, 4) is 0 Å². The molecule has 0 saturated carbocycles. The number of carbonyl (C=O) groups is 2. The molecule has 0 aromatic carbocycles. The molecule has 0 aliphatic carbocycles. The molecule has 0 saturated heterocycles. The Bertz CT molecular complexity index is 216. The Morgan fingerprint density at radius 1 is 1.50 bits per heavy atom. The van der Waals surface area contributed by atoms with Crippen LogP contribution in [-0.4, -0.2) is 30.7 Å². The van der Waals surface area contributed by atoms with Gasteiger partial charge in [0, 0.05) is 0 Å². The topological polar surface area (TPSA) is 107 Å². The second kappa shape index (κ2) is 5.43.